The molecule has 0 bridgehead atoms. The topological polar surface area (TPSA) is 178 Å². The fraction of sp³-hybridized carbons (Fsp3) is 0.233. The van der Waals surface area contributed by atoms with Gasteiger partial charge in [-0.3, -0.25) is 14.4 Å². The molecule has 1 saturated heterocycles. The zero-order chi connectivity index (χ0) is 32.1. The molecule has 1 fully saturated rings. The molecule has 1 aliphatic heterocycles. The van der Waals surface area contributed by atoms with Gasteiger partial charge in [0.2, 0.25) is 5.91 Å². The number of aryl methyl sites for hydroxylation is 1. The number of quaternary nitrogens is 1. The van der Waals surface area contributed by atoms with E-state index in [9.17, 15) is 24.8 Å². The molecule has 1 aromatic heterocycles. The summed E-state index contributed by atoms with van der Waals surface area (Å²) in [4.78, 5) is 39.8. The Balaban J connectivity index is 1.24. The van der Waals surface area contributed by atoms with Crippen LogP contribution in [0, 0.1) is 5.21 Å². The van der Waals surface area contributed by atoms with Gasteiger partial charge in [0.15, 0.2) is 11.4 Å². The SMILES string of the molecule is COc1ccccc1-c1nnn(C)c1C(=O)NCCNc1cc(NC(=O)c2ccc(N3CCCC3=O)cc2)c([NH+]([O-])O)cc1Cl. The summed E-state index contributed by atoms with van der Waals surface area (Å²) in [6.45, 7) is 1.01. The minimum atomic E-state index is -1.27. The predicted molar refractivity (Wildman–Crippen MR) is 167 cm³/mol. The van der Waals surface area contributed by atoms with E-state index in [-0.39, 0.29) is 46.7 Å². The number of amides is 3. The summed E-state index contributed by atoms with van der Waals surface area (Å²) in [6.07, 6.45) is 1.28. The molecular weight excluding hydrogens is 604 g/mol. The number of hydrogen-bond acceptors (Lipinski definition) is 9. The van der Waals surface area contributed by atoms with Gasteiger partial charge in [0.05, 0.1) is 17.8 Å². The third-order valence-electron chi connectivity index (χ3n) is 7.23. The maximum Gasteiger partial charge on any atom is 0.271 e. The summed E-state index contributed by atoms with van der Waals surface area (Å²) in [5.41, 5.74) is 2.40. The van der Waals surface area contributed by atoms with Gasteiger partial charge in [0.25, 0.3) is 11.8 Å². The summed E-state index contributed by atoms with van der Waals surface area (Å²) < 4.78 is 6.78. The third kappa shape index (κ3) is 6.89. The quantitative estimate of drug-likeness (QED) is 0.123. The second-order valence-corrected chi connectivity index (χ2v) is 10.5. The van der Waals surface area contributed by atoms with Crippen LogP contribution in [0.1, 0.15) is 33.7 Å². The molecule has 45 heavy (non-hydrogen) atoms. The molecule has 1 unspecified atom stereocenters. The van der Waals surface area contributed by atoms with Gasteiger partial charge in [-0.15, -0.1) is 5.10 Å². The van der Waals surface area contributed by atoms with Crippen molar-refractivity contribution in [3.63, 3.8) is 0 Å². The highest BCUT2D eigenvalue weighted by Crippen LogP contribution is 2.32. The molecular formula is C30H31ClN8O6. The maximum atomic E-state index is 13.1. The van der Waals surface area contributed by atoms with Gasteiger partial charge in [-0.2, -0.15) is 5.23 Å². The molecule has 3 amide bonds. The first kappa shape index (κ1) is 31.4. The van der Waals surface area contributed by atoms with Crippen molar-refractivity contribution in [1.82, 2.24) is 20.3 Å². The summed E-state index contributed by atoms with van der Waals surface area (Å²) in [5.74, 6) is -0.365. The van der Waals surface area contributed by atoms with Crippen molar-refractivity contribution in [3.05, 3.63) is 82.2 Å². The lowest BCUT2D eigenvalue weighted by atomic mass is 10.1. The Hall–Kier alpha value is -5.02. The van der Waals surface area contributed by atoms with E-state index < -0.39 is 17.0 Å². The van der Waals surface area contributed by atoms with Crippen molar-refractivity contribution >= 4 is 52.1 Å². The molecule has 15 heteroatoms. The molecule has 3 aromatic carbocycles. The van der Waals surface area contributed by atoms with Gasteiger partial charge in [0.1, 0.15) is 17.1 Å². The average molecular weight is 635 g/mol. The molecule has 5 N–H and O–H groups in total. The smallest absolute Gasteiger partial charge is 0.271 e. The molecule has 1 aliphatic rings. The highest BCUT2D eigenvalue weighted by Gasteiger charge is 2.24. The molecule has 0 aliphatic carbocycles. The van der Waals surface area contributed by atoms with Crippen molar-refractivity contribution in [2.45, 2.75) is 12.8 Å². The molecule has 4 aromatic rings. The molecule has 2 heterocycles. The largest absolute Gasteiger partial charge is 0.595 e. The average Bonchev–Trinajstić information content (AvgIpc) is 3.65. The van der Waals surface area contributed by atoms with Crippen LogP contribution in [-0.4, -0.2) is 64.7 Å². The normalized spacial score (nSPS) is 13.4. The van der Waals surface area contributed by atoms with E-state index >= 15 is 0 Å². The second kappa shape index (κ2) is 13.7. The van der Waals surface area contributed by atoms with Crippen LogP contribution in [-0.2, 0) is 11.8 Å². The number of nitrogens with one attached hydrogen (secondary N) is 4. The van der Waals surface area contributed by atoms with Crippen LogP contribution in [0.25, 0.3) is 11.3 Å². The molecule has 0 radical (unpaired) electrons. The van der Waals surface area contributed by atoms with E-state index in [4.69, 9.17) is 16.3 Å². The summed E-state index contributed by atoms with van der Waals surface area (Å²) in [5, 5.41) is 37.2. The van der Waals surface area contributed by atoms with Gasteiger partial charge in [-0.1, -0.05) is 28.9 Å². The zero-order valence-electron chi connectivity index (χ0n) is 24.5. The Kier molecular flexibility index (Phi) is 9.59. The predicted octanol–water partition coefficient (Wildman–Crippen LogP) is 2.77. The lowest BCUT2D eigenvalue weighted by molar-refractivity contribution is -0.990. The Labute approximate surface area is 263 Å². The number of methoxy groups -OCH3 is 1. The van der Waals surface area contributed by atoms with Crippen molar-refractivity contribution in [3.8, 4) is 17.0 Å². The molecule has 0 saturated carbocycles. The van der Waals surface area contributed by atoms with Crippen molar-refractivity contribution < 1.29 is 29.6 Å². The highest BCUT2D eigenvalue weighted by atomic mass is 35.5. The molecule has 5 rings (SSSR count). The number of rotatable bonds is 11. The van der Waals surface area contributed by atoms with E-state index in [2.05, 4.69) is 26.3 Å². The fourth-order valence-corrected chi connectivity index (χ4v) is 5.22. The first-order valence-corrected chi connectivity index (χ1v) is 14.4. The number of benzene rings is 3. The van der Waals surface area contributed by atoms with Gasteiger partial charge in [0, 0.05) is 56.0 Å². The fourth-order valence-electron chi connectivity index (χ4n) is 4.99. The van der Waals surface area contributed by atoms with Crippen molar-refractivity contribution in [2.75, 3.05) is 42.3 Å². The standard InChI is InChI=1S/C30H31ClN8O6/c1-37-28(27(35-36-37)20-6-3-4-7-25(20)45-2)30(42)33-14-13-32-22-17-23(24(39(43)44)16-21(22)31)34-29(41)18-9-11-19(12-10-18)38-15-5-8-26(38)40/h3-4,6-7,9-12,16-17,32,39,43H,5,8,13-15H2,1-2H3,(H,33,42)(H,34,41). The lowest BCUT2D eigenvalue weighted by Crippen LogP contribution is -2.99. The number of halogens is 1. The number of carbonyl (C=O) groups excluding carboxylic acids is 3. The van der Waals surface area contributed by atoms with Gasteiger partial charge in [-0.05, 0) is 48.9 Å². The van der Waals surface area contributed by atoms with E-state index in [0.29, 0.717) is 41.3 Å². The van der Waals surface area contributed by atoms with E-state index in [1.54, 1.807) is 48.3 Å². The summed E-state index contributed by atoms with van der Waals surface area (Å²) in [6, 6.07) is 16.3. The van der Waals surface area contributed by atoms with Crippen LogP contribution in [0.4, 0.5) is 22.7 Å². The monoisotopic (exact) mass is 634 g/mol. The molecule has 14 nitrogen and oxygen atoms in total. The summed E-state index contributed by atoms with van der Waals surface area (Å²) >= 11 is 6.36. The van der Waals surface area contributed by atoms with Crippen LogP contribution in [0.2, 0.25) is 5.02 Å². The van der Waals surface area contributed by atoms with Crippen LogP contribution in [0.5, 0.6) is 5.75 Å². The second-order valence-electron chi connectivity index (χ2n) is 10.1. The van der Waals surface area contributed by atoms with Gasteiger partial charge < -0.3 is 30.8 Å². The molecule has 1 atom stereocenters. The Morgan fingerprint density at radius 3 is 2.53 bits per heavy atom. The van der Waals surface area contributed by atoms with Crippen LogP contribution in [0.3, 0.4) is 0 Å². The number of aromatic nitrogens is 3. The first-order valence-electron chi connectivity index (χ1n) is 14.0. The van der Waals surface area contributed by atoms with E-state index in [1.165, 1.54) is 23.9 Å². The first-order chi connectivity index (χ1) is 21.7. The number of carbonyl (C=O) groups is 3. The molecule has 0 spiro atoms. The Bertz CT molecular complexity index is 1730. The number of para-hydroxylation sites is 1. The summed E-state index contributed by atoms with van der Waals surface area (Å²) in [7, 11) is 3.14. The van der Waals surface area contributed by atoms with Crippen LogP contribution < -0.4 is 30.8 Å². The molecule has 234 valence electrons. The van der Waals surface area contributed by atoms with Gasteiger partial charge >= 0.3 is 0 Å². The van der Waals surface area contributed by atoms with Crippen molar-refractivity contribution in [2.24, 2.45) is 7.05 Å². The zero-order valence-corrected chi connectivity index (χ0v) is 25.2. The number of hydrogen-bond donors (Lipinski definition) is 5. The minimum absolute atomic E-state index is 0.0321. The minimum Gasteiger partial charge on any atom is -0.595 e. The van der Waals surface area contributed by atoms with Crippen LogP contribution in [0.15, 0.2) is 60.7 Å². The van der Waals surface area contributed by atoms with Crippen LogP contribution >= 0.6 is 11.6 Å². The van der Waals surface area contributed by atoms with E-state index in [0.717, 1.165) is 6.42 Å². The Morgan fingerprint density at radius 2 is 1.84 bits per heavy atom. The van der Waals surface area contributed by atoms with E-state index in [1.807, 2.05) is 12.1 Å². The highest BCUT2D eigenvalue weighted by molar-refractivity contribution is 6.33. The number of ether oxygens (including phenoxy) is 1. The van der Waals surface area contributed by atoms with Gasteiger partial charge in [-0.25, -0.2) is 9.89 Å². The number of nitrogens with zero attached hydrogens (tertiary/aromatic N) is 4. The third-order valence-corrected chi connectivity index (χ3v) is 7.54. The van der Waals surface area contributed by atoms with Crippen molar-refractivity contribution in [1.29, 1.82) is 0 Å². The Morgan fingerprint density at radius 1 is 1.09 bits per heavy atom. The lowest BCUT2D eigenvalue weighted by Gasteiger charge is -2.19. The number of anilines is 3. The maximum absolute atomic E-state index is 13.1.